The molecule has 0 spiro atoms. The second kappa shape index (κ2) is 6.55. The summed E-state index contributed by atoms with van der Waals surface area (Å²) in [6.45, 7) is 5.65. The van der Waals surface area contributed by atoms with Gasteiger partial charge in [-0.25, -0.2) is 0 Å². The van der Waals surface area contributed by atoms with Gasteiger partial charge in [-0.1, -0.05) is 37.3 Å². The molecular formula is C14H20N2S2. The maximum Gasteiger partial charge on any atom is 0.103 e. The lowest BCUT2D eigenvalue weighted by atomic mass is 10.1. The number of nitrogens with two attached hydrogens (primary N) is 1. The highest BCUT2D eigenvalue weighted by Gasteiger charge is 2.18. The van der Waals surface area contributed by atoms with Crippen LogP contribution in [0.1, 0.15) is 24.5 Å². The Morgan fingerprint density at radius 3 is 3.11 bits per heavy atom. The predicted molar refractivity (Wildman–Crippen MR) is 84.1 cm³/mol. The second-order valence-corrected chi connectivity index (χ2v) is 6.55. The van der Waals surface area contributed by atoms with Crippen LogP contribution in [0.5, 0.6) is 0 Å². The highest BCUT2D eigenvalue weighted by Crippen LogP contribution is 2.22. The van der Waals surface area contributed by atoms with E-state index in [0.29, 0.717) is 4.99 Å². The molecule has 0 aliphatic carbocycles. The summed E-state index contributed by atoms with van der Waals surface area (Å²) in [5, 5.41) is 0.789. The maximum absolute atomic E-state index is 5.67. The van der Waals surface area contributed by atoms with Crippen molar-refractivity contribution in [3.8, 4) is 0 Å². The van der Waals surface area contributed by atoms with Gasteiger partial charge in [-0.15, -0.1) is 0 Å². The van der Waals surface area contributed by atoms with Crippen LogP contribution in [0.15, 0.2) is 24.3 Å². The molecule has 98 valence electrons. The van der Waals surface area contributed by atoms with E-state index in [9.17, 15) is 0 Å². The monoisotopic (exact) mass is 280 g/mol. The number of benzene rings is 1. The molecular weight excluding hydrogens is 260 g/mol. The fourth-order valence-corrected chi connectivity index (χ4v) is 3.63. The molecule has 1 fully saturated rings. The van der Waals surface area contributed by atoms with E-state index in [-0.39, 0.29) is 0 Å². The van der Waals surface area contributed by atoms with E-state index in [2.05, 4.69) is 35.7 Å². The lowest BCUT2D eigenvalue weighted by Gasteiger charge is -2.31. The first-order valence-electron chi connectivity index (χ1n) is 6.41. The first kappa shape index (κ1) is 13.8. The number of hydrogen-bond acceptors (Lipinski definition) is 3. The molecule has 1 aliphatic heterocycles. The zero-order chi connectivity index (χ0) is 13.0. The molecule has 18 heavy (non-hydrogen) atoms. The van der Waals surface area contributed by atoms with E-state index < -0.39 is 0 Å². The van der Waals surface area contributed by atoms with Crippen LogP contribution in [0.2, 0.25) is 0 Å². The second-order valence-electron chi connectivity index (χ2n) is 4.70. The van der Waals surface area contributed by atoms with Crippen LogP contribution in [-0.2, 0) is 6.54 Å². The van der Waals surface area contributed by atoms with Gasteiger partial charge in [0.2, 0.25) is 0 Å². The zero-order valence-corrected chi connectivity index (χ0v) is 12.4. The molecule has 2 N–H and O–H groups in total. The van der Waals surface area contributed by atoms with E-state index in [1.54, 1.807) is 0 Å². The van der Waals surface area contributed by atoms with Crippen LogP contribution in [-0.4, -0.2) is 34.0 Å². The van der Waals surface area contributed by atoms with Crippen molar-refractivity contribution < 1.29 is 0 Å². The Bertz CT molecular complexity index is 420. The topological polar surface area (TPSA) is 29.3 Å². The van der Waals surface area contributed by atoms with Gasteiger partial charge >= 0.3 is 0 Å². The third-order valence-electron chi connectivity index (χ3n) is 3.30. The fraction of sp³-hybridized carbons (Fsp3) is 0.500. The third kappa shape index (κ3) is 3.70. The molecule has 1 aliphatic rings. The summed E-state index contributed by atoms with van der Waals surface area (Å²) in [5.74, 6) is 1.24. The fourth-order valence-electron chi connectivity index (χ4n) is 2.25. The maximum atomic E-state index is 5.67. The molecule has 0 aromatic heterocycles. The normalized spacial score (nSPS) is 20.8. The average Bonchev–Trinajstić information content (AvgIpc) is 2.39. The van der Waals surface area contributed by atoms with Gasteiger partial charge in [0.05, 0.1) is 0 Å². The molecule has 1 aromatic carbocycles. The number of thioether (sulfide) groups is 1. The highest BCUT2D eigenvalue weighted by molar-refractivity contribution is 8.00. The molecule has 0 saturated carbocycles. The Hall–Kier alpha value is -0.580. The van der Waals surface area contributed by atoms with Crippen LogP contribution < -0.4 is 5.73 Å². The molecule has 1 heterocycles. The summed E-state index contributed by atoms with van der Waals surface area (Å²) in [6.07, 6.45) is 1.26. The standard InChI is InChI=1S/C14H20N2S2/c1-2-13-10-16(6-7-18-13)9-11-4-3-5-12(8-11)14(15)17/h3-5,8,13H,2,6-7,9-10H2,1H3,(H2,15,17). The Kier molecular flexibility index (Phi) is 5.03. The minimum Gasteiger partial charge on any atom is -0.389 e. The minimum atomic E-state index is 0.484. The lowest BCUT2D eigenvalue weighted by Crippen LogP contribution is -2.37. The van der Waals surface area contributed by atoms with E-state index in [4.69, 9.17) is 18.0 Å². The lowest BCUT2D eigenvalue weighted by molar-refractivity contribution is 0.273. The van der Waals surface area contributed by atoms with Gasteiger partial charge in [-0.05, 0) is 18.1 Å². The number of hydrogen-bond donors (Lipinski definition) is 1. The number of thiocarbonyl (C=S) groups is 1. The first-order chi connectivity index (χ1) is 8.69. The van der Waals surface area contributed by atoms with Crippen LogP contribution >= 0.6 is 24.0 Å². The van der Waals surface area contributed by atoms with Crippen LogP contribution in [0.4, 0.5) is 0 Å². The first-order valence-corrected chi connectivity index (χ1v) is 7.87. The summed E-state index contributed by atoms with van der Waals surface area (Å²) in [6, 6.07) is 8.29. The van der Waals surface area contributed by atoms with Crippen LogP contribution in [0, 0.1) is 0 Å². The SMILES string of the molecule is CCC1CN(Cc2cccc(C(N)=S)c2)CCS1. The summed E-state index contributed by atoms with van der Waals surface area (Å²) in [5.41, 5.74) is 7.95. The van der Waals surface area contributed by atoms with E-state index in [0.717, 1.165) is 17.4 Å². The molecule has 1 unspecified atom stereocenters. The Morgan fingerprint density at radius 2 is 2.39 bits per heavy atom. The largest absolute Gasteiger partial charge is 0.389 e. The van der Waals surface area contributed by atoms with Gasteiger partial charge in [0.25, 0.3) is 0 Å². The van der Waals surface area contributed by atoms with Crippen molar-refractivity contribution in [1.29, 1.82) is 0 Å². The van der Waals surface area contributed by atoms with E-state index >= 15 is 0 Å². The molecule has 1 atom stereocenters. The van der Waals surface area contributed by atoms with Gasteiger partial charge in [-0.2, -0.15) is 11.8 Å². The van der Waals surface area contributed by atoms with Gasteiger partial charge in [-0.3, -0.25) is 4.90 Å². The third-order valence-corrected chi connectivity index (χ3v) is 4.90. The Labute approximate surface area is 119 Å². The van der Waals surface area contributed by atoms with Crippen molar-refractivity contribution in [3.05, 3.63) is 35.4 Å². The van der Waals surface area contributed by atoms with Crippen molar-refractivity contribution in [2.45, 2.75) is 25.1 Å². The van der Waals surface area contributed by atoms with Crippen molar-refractivity contribution in [3.63, 3.8) is 0 Å². The van der Waals surface area contributed by atoms with Crippen LogP contribution in [0.25, 0.3) is 0 Å². The summed E-state index contributed by atoms with van der Waals surface area (Å²) < 4.78 is 0. The minimum absolute atomic E-state index is 0.484. The number of nitrogens with zero attached hydrogens (tertiary/aromatic N) is 1. The zero-order valence-electron chi connectivity index (χ0n) is 10.8. The quantitative estimate of drug-likeness (QED) is 0.859. The molecule has 0 radical (unpaired) electrons. The van der Waals surface area contributed by atoms with Crippen molar-refractivity contribution >= 4 is 29.0 Å². The molecule has 1 aromatic rings. The van der Waals surface area contributed by atoms with E-state index in [1.807, 2.05) is 12.1 Å². The molecule has 1 saturated heterocycles. The summed E-state index contributed by atoms with van der Waals surface area (Å²) in [7, 11) is 0. The molecule has 0 amide bonds. The Balaban J connectivity index is 2.00. The number of rotatable bonds is 4. The van der Waals surface area contributed by atoms with Crippen LogP contribution in [0.3, 0.4) is 0 Å². The van der Waals surface area contributed by atoms with Gasteiger partial charge in [0, 0.05) is 36.2 Å². The molecule has 4 heteroatoms. The predicted octanol–water partition coefficient (Wildman–Crippen LogP) is 2.65. The van der Waals surface area contributed by atoms with Gasteiger partial charge in [0.15, 0.2) is 0 Å². The summed E-state index contributed by atoms with van der Waals surface area (Å²) in [4.78, 5) is 3.01. The Morgan fingerprint density at radius 1 is 1.56 bits per heavy atom. The molecule has 2 nitrogen and oxygen atoms in total. The van der Waals surface area contributed by atoms with Gasteiger partial charge < -0.3 is 5.73 Å². The van der Waals surface area contributed by atoms with Gasteiger partial charge in [0.1, 0.15) is 4.99 Å². The van der Waals surface area contributed by atoms with E-state index in [1.165, 1.54) is 30.8 Å². The average molecular weight is 280 g/mol. The molecule has 2 rings (SSSR count). The van der Waals surface area contributed by atoms with Crippen molar-refractivity contribution in [2.75, 3.05) is 18.8 Å². The van der Waals surface area contributed by atoms with Crippen molar-refractivity contribution in [1.82, 2.24) is 4.90 Å². The highest BCUT2D eigenvalue weighted by atomic mass is 32.2. The van der Waals surface area contributed by atoms with Crippen molar-refractivity contribution in [2.24, 2.45) is 5.73 Å². The molecule has 0 bridgehead atoms. The smallest absolute Gasteiger partial charge is 0.103 e. The summed E-state index contributed by atoms with van der Waals surface area (Å²) >= 11 is 7.13.